The maximum Gasteiger partial charge on any atom is 0.184 e. The Hall–Kier alpha value is -1.30. The first-order chi connectivity index (χ1) is 8.88. The zero-order chi connectivity index (χ0) is 14.0. The van der Waals surface area contributed by atoms with E-state index in [-0.39, 0.29) is 17.4 Å². The van der Waals surface area contributed by atoms with Crippen molar-refractivity contribution in [3.8, 4) is 0 Å². The molecule has 1 fully saturated rings. The summed E-state index contributed by atoms with van der Waals surface area (Å²) in [6.45, 7) is 0. The van der Waals surface area contributed by atoms with Crippen molar-refractivity contribution < 1.29 is 17.6 Å². The summed E-state index contributed by atoms with van der Waals surface area (Å²) < 4.78 is 35.9. The average Bonchev–Trinajstić information content (AvgIpc) is 2.38. The maximum atomic E-state index is 12.8. The maximum absolute atomic E-state index is 12.8. The summed E-state index contributed by atoms with van der Waals surface area (Å²) >= 11 is 0. The molecule has 1 saturated carbocycles. The molecule has 1 aliphatic rings. The molecule has 4 nitrogen and oxygen atoms in total. The molecule has 0 aliphatic heterocycles. The number of ketones is 1. The van der Waals surface area contributed by atoms with Crippen molar-refractivity contribution in [3.05, 3.63) is 29.8 Å². The van der Waals surface area contributed by atoms with Gasteiger partial charge < -0.3 is 0 Å². The van der Waals surface area contributed by atoms with Crippen molar-refractivity contribution in [1.29, 1.82) is 0 Å². The number of Topliss-reactive ketones (excluding diaryl/α,β-unsaturated/α-hetero) is 1. The summed E-state index contributed by atoms with van der Waals surface area (Å²) in [5.41, 5.74) is 0.209. The normalized spacial score (nSPS) is 24.1. The van der Waals surface area contributed by atoms with Crippen LogP contribution in [-0.4, -0.2) is 30.7 Å². The van der Waals surface area contributed by atoms with Gasteiger partial charge in [-0.2, -0.15) is 0 Å². The SMILES string of the molecule is CS(=O)(=O)C1CCCC(C(=O)c2ccc(F)cn2)C1. The molecule has 1 aromatic rings. The van der Waals surface area contributed by atoms with Gasteiger partial charge in [0, 0.05) is 12.2 Å². The quantitative estimate of drug-likeness (QED) is 0.797. The number of hydrogen-bond donors (Lipinski definition) is 0. The van der Waals surface area contributed by atoms with Crippen LogP contribution in [0.5, 0.6) is 0 Å². The Labute approximate surface area is 112 Å². The molecule has 1 aliphatic carbocycles. The Morgan fingerprint density at radius 1 is 1.37 bits per heavy atom. The number of pyridine rings is 1. The minimum atomic E-state index is -3.11. The van der Waals surface area contributed by atoms with E-state index in [9.17, 15) is 17.6 Å². The second kappa shape index (κ2) is 5.36. The molecule has 2 atom stereocenters. The van der Waals surface area contributed by atoms with Crippen LogP contribution in [0, 0.1) is 11.7 Å². The molecule has 19 heavy (non-hydrogen) atoms. The fourth-order valence-corrected chi connectivity index (χ4v) is 3.68. The molecular formula is C13H16FNO3S. The minimum absolute atomic E-state index is 0.187. The standard InChI is InChI=1S/C13H16FNO3S/c1-19(17,18)11-4-2-3-9(7-11)13(16)12-6-5-10(14)8-15-12/h5-6,8-9,11H,2-4,7H2,1H3. The number of carbonyl (C=O) groups excluding carboxylic acids is 1. The van der Waals surface area contributed by atoms with E-state index in [0.717, 1.165) is 12.6 Å². The minimum Gasteiger partial charge on any atom is -0.292 e. The van der Waals surface area contributed by atoms with Gasteiger partial charge in [0.1, 0.15) is 21.3 Å². The highest BCUT2D eigenvalue weighted by molar-refractivity contribution is 7.91. The first kappa shape index (κ1) is 14.1. The molecule has 0 amide bonds. The highest BCUT2D eigenvalue weighted by Gasteiger charge is 2.33. The van der Waals surface area contributed by atoms with Crippen molar-refractivity contribution in [3.63, 3.8) is 0 Å². The molecule has 104 valence electrons. The van der Waals surface area contributed by atoms with E-state index >= 15 is 0 Å². The lowest BCUT2D eigenvalue weighted by molar-refractivity contribution is 0.0885. The van der Waals surface area contributed by atoms with Crippen LogP contribution in [0.1, 0.15) is 36.2 Å². The van der Waals surface area contributed by atoms with Crippen LogP contribution in [0.3, 0.4) is 0 Å². The molecule has 0 radical (unpaired) electrons. The summed E-state index contributed by atoms with van der Waals surface area (Å²) in [5, 5.41) is -0.448. The van der Waals surface area contributed by atoms with Crippen LogP contribution in [0.25, 0.3) is 0 Å². The molecule has 2 rings (SSSR count). The number of sulfone groups is 1. The van der Waals surface area contributed by atoms with E-state index in [2.05, 4.69) is 4.98 Å². The fourth-order valence-electron chi connectivity index (χ4n) is 2.50. The topological polar surface area (TPSA) is 64.1 Å². The average molecular weight is 285 g/mol. The van der Waals surface area contributed by atoms with Gasteiger partial charge in [0.05, 0.1) is 11.4 Å². The third-order valence-corrected chi connectivity index (χ3v) is 5.22. The van der Waals surface area contributed by atoms with Gasteiger partial charge in [-0.3, -0.25) is 9.78 Å². The van der Waals surface area contributed by atoms with E-state index in [4.69, 9.17) is 0 Å². The van der Waals surface area contributed by atoms with Gasteiger partial charge >= 0.3 is 0 Å². The monoisotopic (exact) mass is 285 g/mol. The smallest absolute Gasteiger partial charge is 0.184 e. The van der Waals surface area contributed by atoms with Crippen molar-refractivity contribution in [2.75, 3.05) is 6.26 Å². The van der Waals surface area contributed by atoms with Gasteiger partial charge in [-0.15, -0.1) is 0 Å². The van der Waals surface area contributed by atoms with Crippen molar-refractivity contribution in [1.82, 2.24) is 4.98 Å². The largest absolute Gasteiger partial charge is 0.292 e. The summed E-state index contributed by atoms with van der Waals surface area (Å²) in [7, 11) is -3.11. The zero-order valence-electron chi connectivity index (χ0n) is 10.7. The number of halogens is 1. The van der Waals surface area contributed by atoms with E-state index < -0.39 is 20.9 Å². The Morgan fingerprint density at radius 2 is 2.11 bits per heavy atom. The molecule has 6 heteroatoms. The van der Waals surface area contributed by atoms with Gasteiger partial charge in [0.2, 0.25) is 0 Å². The molecule has 0 N–H and O–H groups in total. The first-order valence-electron chi connectivity index (χ1n) is 6.22. The molecule has 0 bridgehead atoms. The Kier molecular flexibility index (Phi) is 3.99. The fraction of sp³-hybridized carbons (Fsp3) is 0.538. The number of hydrogen-bond acceptors (Lipinski definition) is 4. The highest BCUT2D eigenvalue weighted by Crippen LogP contribution is 2.30. The predicted molar refractivity (Wildman–Crippen MR) is 69.1 cm³/mol. The highest BCUT2D eigenvalue weighted by atomic mass is 32.2. The lowest BCUT2D eigenvalue weighted by Gasteiger charge is -2.26. The van der Waals surface area contributed by atoms with E-state index in [1.807, 2.05) is 0 Å². The number of carbonyl (C=O) groups is 1. The summed E-state index contributed by atoms with van der Waals surface area (Å²) in [4.78, 5) is 16.0. The number of nitrogens with zero attached hydrogens (tertiary/aromatic N) is 1. The van der Waals surface area contributed by atoms with Crippen LogP contribution >= 0.6 is 0 Å². The van der Waals surface area contributed by atoms with E-state index in [1.165, 1.54) is 18.4 Å². The first-order valence-corrected chi connectivity index (χ1v) is 8.18. The Morgan fingerprint density at radius 3 is 2.68 bits per heavy atom. The van der Waals surface area contributed by atoms with Crippen LogP contribution in [0.4, 0.5) is 4.39 Å². The van der Waals surface area contributed by atoms with E-state index in [0.29, 0.717) is 19.3 Å². The van der Waals surface area contributed by atoms with Gasteiger partial charge in [-0.05, 0) is 31.4 Å². The van der Waals surface area contributed by atoms with Gasteiger partial charge in [-0.25, -0.2) is 12.8 Å². The molecule has 0 saturated heterocycles. The van der Waals surface area contributed by atoms with Crippen molar-refractivity contribution >= 4 is 15.6 Å². The van der Waals surface area contributed by atoms with Crippen molar-refractivity contribution in [2.24, 2.45) is 5.92 Å². The zero-order valence-corrected chi connectivity index (χ0v) is 11.5. The lowest BCUT2D eigenvalue weighted by atomic mass is 9.85. The van der Waals surface area contributed by atoms with Crippen LogP contribution < -0.4 is 0 Å². The molecule has 0 aromatic carbocycles. The Bertz CT molecular complexity index is 568. The van der Waals surface area contributed by atoms with Crippen molar-refractivity contribution in [2.45, 2.75) is 30.9 Å². The molecule has 0 spiro atoms. The molecule has 2 unspecified atom stereocenters. The second-order valence-electron chi connectivity index (χ2n) is 5.04. The van der Waals surface area contributed by atoms with Crippen LogP contribution in [0.2, 0.25) is 0 Å². The second-order valence-corrected chi connectivity index (χ2v) is 7.37. The molecular weight excluding hydrogens is 269 g/mol. The van der Waals surface area contributed by atoms with E-state index in [1.54, 1.807) is 0 Å². The Balaban J connectivity index is 2.13. The number of aromatic nitrogens is 1. The van der Waals surface area contributed by atoms with Gasteiger partial charge in [0.15, 0.2) is 5.78 Å². The molecule has 1 aromatic heterocycles. The van der Waals surface area contributed by atoms with Gasteiger partial charge in [-0.1, -0.05) is 6.42 Å². The summed E-state index contributed by atoms with van der Waals surface area (Å²) in [6, 6.07) is 2.54. The third-order valence-electron chi connectivity index (χ3n) is 3.58. The summed E-state index contributed by atoms with van der Waals surface area (Å²) in [5.74, 6) is -1.01. The third kappa shape index (κ3) is 3.37. The van der Waals surface area contributed by atoms with Crippen LogP contribution in [-0.2, 0) is 9.84 Å². The predicted octanol–water partition coefficient (Wildman–Crippen LogP) is 2.01. The van der Waals surface area contributed by atoms with Gasteiger partial charge in [0.25, 0.3) is 0 Å². The van der Waals surface area contributed by atoms with Crippen LogP contribution in [0.15, 0.2) is 18.3 Å². The lowest BCUT2D eigenvalue weighted by Crippen LogP contribution is -2.31. The summed E-state index contributed by atoms with van der Waals surface area (Å²) in [6.07, 6.45) is 4.56. The number of rotatable bonds is 3. The molecule has 1 heterocycles.